The third-order valence-corrected chi connectivity index (χ3v) is 3.32. The van der Waals surface area contributed by atoms with E-state index in [1.165, 1.54) is 19.3 Å². The van der Waals surface area contributed by atoms with Crippen molar-refractivity contribution in [3.63, 3.8) is 0 Å². The molecule has 0 radical (unpaired) electrons. The molecule has 2 rings (SSSR count). The van der Waals surface area contributed by atoms with Gasteiger partial charge in [-0.05, 0) is 37.3 Å². The summed E-state index contributed by atoms with van der Waals surface area (Å²) in [5.41, 5.74) is 0. The van der Waals surface area contributed by atoms with Gasteiger partial charge in [0.1, 0.15) is 11.5 Å². The van der Waals surface area contributed by atoms with Gasteiger partial charge in [-0.15, -0.1) is 0 Å². The smallest absolute Gasteiger partial charge is 0.303 e. The fraction of sp³-hybridized carbons (Fsp3) is 0.533. The Labute approximate surface area is 113 Å². The zero-order chi connectivity index (χ0) is 13.5. The summed E-state index contributed by atoms with van der Waals surface area (Å²) in [6.45, 7) is 1.20. The summed E-state index contributed by atoms with van der Waals surface area (Å²) >= 11 is 0. The molecule has 0 unspecified atom stereocenters. The van der Waals surface area contributed by atoms with Gasteiger partial charge < -0.3 is 14.6 Å². The number of benzene rings is 1. The summed E-state index contributed by atoms with van der Waals surface area (Å²) in [6.07, 6.45) is 4.51. The van der Waals surface area contributed by atoms with Crippen LogP contribution in [0.2, 0.25) is 0 Å². The van der Waals surface area contributed by atoms with Crippen molar-refractivity contribution in [1.29, 1.82) is 0 Å². The lowest BCUT2D eigenvalue weighted by Gasteiger charge is -2.25. The SMILES string of the molecule is O=C(O)CCCOc1cccc(OCC2CCC2)c1. The largest absolute Gasteiger partial charge is 0.493 e. The number of aliphatic carboxylic acids is 1. The Morgan fingerprint density at radius 1 is 1.26 bits per heavy atom. The van der Waals surface area contributed by atoms with E-state index in [9.17, 15) is 4.79 Å². The quantitative estimate of drug-likeness (QED) is 0.733. The van der Waals surface area contributed by atoms with Crippen LogP contribution in [-0.4, -0.2) is 24.3 Å². The zero-order valence-corrected chi connectivity index (χ0v) is 11.0. The van der Waals surface area contributed by atoms with Crippen molar-refractivity contribution in [3.05, 3.63) is 24.3 Å². The summed E-state index contributed by atoms with van der Waals surface area (Å²) < 4.78 is 11.2. The molecule has 0 bridgehead atoms. The highest BCUT2D eigenvalue weighted by Gasteiger charge is 2.17. The first-order valence-electron chi connectivity index (χ1n) is 6.81. The Morgan fingerprint density at radius 3 is 2.63 bits per heavy atom. The monoisotopic (exact) mass is 264 g/mol. The zero-order valence-electron chi connectivity index (χ0n) is 11.0. The van der Waals surface area contributed by atoms with Crippen LogP contribution in [0.3, 0.4) is 0 Å². The Kier molecular flexibility index (Phi) is 5.07. The van der Waals surface area contributed by atoms with Crippen LogP contribution < -0.4 is 9.47 Å². The van der Waals surface area contributed by atoms with Crippen LogP contribution in [-0.2, 0) is 4.79 Å². The van der Waals surface area contributed by atoms with Crippen molar-refractivity contribution >= 4 is 5.97 Å². The van der Waals surface area contributed by atoms with Gasteiger partial charge in [0.15, 0.2) is 0 Å². The molecule has 1 fully saturated rings. The standard InChI is InChI=1S/C15H20O4/c16-15(17)8-3-9-18-13-6-2-7-14(10-13)19-11-12-4-1-5-12/h2,6-7,10,12H,1,3-5,8-9,11H2,(H,16,17). The van der Waals surface area contributed by atoms with Crippen LogP contribution in [0.15, 0.2) is 24.3 Å². The fourth-order valence-electron chi connectivity index (χ4n) is 1.94. The number of carboxylic acids is 1. The van der Waals surface area contributed by atoms with Crippen LogP contribution in [0.4, 0.5) is 0 Å². The van der Waals surface area contributed by atoms with Crippen molar-refractivity contribution < 1.29 is 19.4 Å². The molecule has 0 amide bonds. The lowest BCUT2D eigenvalue weighted by molar-refractivity contribution is -0.137. The van der Waals surface area contributed by atoms with Crippen LogP contribution >= 0.6 is 0 Å². The van der Waals surface area contributed by atoms with Gasteiger partial charge in [-0.2, -0.15) is 0 Å². The summed E-state index contributed by atoms with van der Waals surface area (Å²) in [4.78, 5) is 10.4. The van der Waals surface area contributed by atoms with E-state index in [4.69, 9.17) is 14.6 Å². The van der Waals surface area contributed by atoms with Gasteiger partial charge in [0.2, 0.25) is 0 Å². The molecule has 0 aliphatic heterocycles. The predicted molar refractivity (Wildman–Crippen MR) is 71.6 cm³/mol. The highest BCUT2D eigenvalue weighted by molar-refractivity contribution is 5.66. The minimum atomic E-state index is -0.791. The van der Waals surface area contributed by atoms with Crippen molar-refractivity contribution in [1.82, 2.24) is 0 Å². The molecule has 4 nitrogen and oxygen atoms in total. The summed E-state index contributed by atoms with van der Waals surface area (Å²) in [6, 6.07) is 7.53. The first-order valence-corrected chi connectivity index (χ1v) is 6.81. The molecule has 0 saturated heterocycles. The number of carbonyl (C=O) groups is 1. The summed E-state index contributed by atoms with van der Waals surface area (Å²) in [5, 5.41) is 8.53. The van der Waals surface area contributed by atoms with Crippen LogP contribution in [0.25, 0.3) is 0 Å². The average molecular weight is 264 g/mol. The number of hydrogen-bond donors (Lipinski definition) is 1. The Bertz CT molecular complexity index is 412. The predicted octanol–water partition coefficient (Wildman–Crippen LogP) is 3.11. The molecule has 1 saturated carbocycles. The number of rotatable bonds is 8. The van der Waals surface area contributed by atoms with E-state index in [1.807, 2.05) is 24.3 Å². The number of hydrogen-bond acceptors (Lipinski definition) is 3. The first-order chi connectivity index (χ1) is 9.24. The topological polar surface area (TPSA) is 55.8 Å². The average Bonchev–Trinajstić information content (AvgIpc) is 2.33. The maximum absolute atomic E-state index is 10.4. The van der Waals surface area contributed by atoms with Gasteiger partial charge in [0, 0.05) is 12.5 Å². The second-order valence-electron chi connectivity index (χ2n) is 4.93. The van der Waals surface area contributed by atoms with Crippen molar-refractivity contribution in [3.8, 4) is 11.5 Å². The molecule has 1 N–H and O–H groups in total. The van der Waals surface area contributed by atoms with E-state index in [0.29, 0.717) is 18.9 Å². The Balaban J connectivity index is 1.72. The van der Waals surface area contributed by atoms with Crippen LogP contribution in [0.1, 0.15) is 32.1 Å². The molecular formula is C15H20O4. The molecule has 19 heavy (non-hydrogen) atoms. The third kappa shape index (κ3) is 4.81. The van der Waals surface area contributed by atoms with Crippen molar-refractivity contribution in [2.45, 2.75) is 32.1 Å². The van der Waals surface area contributed by atoms with E-state index in [1.54, 1.807) is 0 Å². The molecule has 0 atom stereocenters. The van der Waals surface area contributed by atoms with Gasteiger partial charge in [-0.3, -0.25) is 4.79 Å². The lowest BCUT2D eigenvalue weighted by Crippen LogP contribution is -2.19. The number of ether oxygens (including phenoxy) is 2. The van der Waals surface area contributed by atoms with E-state index in [0.717, 1.165) is 18.1 Å². The van der Waals surface area contributed by atoms with E-state index in [-0.39, 0.29) is 6.42 Å². The Hall–Kier alpha value is -1.71. The molecule has 0 heterocycles. The molecule has 4 heteroatoms. The van der Waals surface area contributed by atoms with Crippen molar-refractivity contribution in [2.75, 3.05) is 13.2 Å². The van der Waals surface area contributed by atoms with Crippen LogP contribution in [0.5, 0.6) is 11.5 Å². The molecule has 1 aromatic rings. The molecule has 0 aromatic heterocycles. The Morgan fingerprint density at radius 2 is 2.00 bits per heavy atom. The lowest BCUT2D eigenvalue weighted by atomic mass is 9.86. The minimum absolute atomic E-state index is 0.137. The highest BCUT2D eigenvalue weighted by Crippen LogP contribution is 2.28. The fourth-order valence-corrected chi connectivity index (χ4v) is 1.94. The van der Waals surface area contributed by atoms with Gasteiger partial charge in [-0.1, -0.05) is 12.5 Å². The van der Waals surface area contributed by atoms with Crippen molar-refractivity contribution in [2.24, 2.45) is 5.92 Å². The van der Waals surface area contributed by atoms with E-state index < -0.39 is 5.97 Å². The number of carboxylic acid groups (broad SMARTS) is 1. The molecule has 1 aliphatic rings. The van der Waals surface area contributed by atoms with E-state index >= 15 is 0 Å². The first kappa shape index (κ1) is 13.7. The van der Waals surface area contributed by atoms with Gasteiger partial charge in [-0.25, -0.2) is 0 Å². The third-order valence-electron chi connectivity index (χ3n) is 3.32. The van der Waals surface area contributed by atoms with E-state index in [2.05, 4.69) is 0 Å². The summed E-state index contributed by atoms with van der Waals surface area (Å²) in [5.74, 6) is 1.47. The van der Waals surface area contributed by atoms with Gasteiger partial charge in [0.25, 0.3) is 0 Å². The molecule has 1 aliphatic carbocycles. The molecule has 1 aromatic carbocycles. The van der Waals surface area contributed by atoms with Gasteiger partial charge >= 0.3 is 5.97 Å². The second kappa shape index (κ2) is 7.02. The molecule has 0 spiro atoms. The molecule has 104 valence electrons. The highest BCUT2D eigenvalue weighted by atomic mass is 16.5. The maximum atomic E-state index is 10.4. The molecular weight excluding hydrogens is 244 g/mol. The van der Waals surface area contributed by atoms with Crippen LogP contribution in [0, 0.1) is 5.92 Å². The minimum Gasteiger partial charge on any atom is -0.493 e. The summed E-state index contributed by atoms with van der Waals surface area (Å²) in [7, 11) is 0. The van der Waals surface area contributed by atoms with Gasteiger partial charge in [0.05, 0.1) is 13.2 Å². The normalized spacial score (nSPS) is 14.7. The second-order valence-corrected chi connectivity index (χ2v) is 4.93. The maximum Gasteiger partial charge on any atom is 0.303 e.